The van der Waals surface area contributed by atoms with E-state index in [1.165, 1.54) is 54.9 Å². The molecular formula is C30H17B5N2O2P-. The summed E-state index contributed by atoms with van der Waals surface area (Å²) >= 11 is 0. The van der Waals surface area contributed by atoms with Crippen LogP contribution in [0.5, 0.6) is 23.0 Å². The second kappa shape index (κ2) is 5.89. The van der Waals surface area contributed by atoms with Gasteiger partial charge in [0.25, 0.3) is 0 Å². The molecule has 8 heterocycles. The van der Waals surface area contributed by atoms with Crippen LogP contribution in [0.25, 0.3) is 27.5 Å². The minimum atomic E-state index is -2.35. The van der Waals surface area contributed by atoms with E-state index in [0.29, 0.717) is 12.4 Å². The Morgan fingerprint density at radius 2 is 1.40 bits per heavy atom. The summed E-state index contributed by atoms with van der Waals surface area (Å²) in [6, 6.07) is 35.2. The number of ether oxygens (including phenoxy) is 2. The van der Waals surface area contributed by atoms with Gasteiger partial charge in [-0.05, 0) is 0 Å². The van der Waals surface area contributed by atoms with Crippen molar-refractivity contribution in [2.75, 3.05) is 5.09 Å². The molecule has 4 nitrogen and oxygen atoms in total. The Kier molecular flexibility index (Phi) is 2.95. The van der Waals surface area contributed by atoms with Crippen LogP contribution in [0.4, 0.5) is 5.69 Å². The molecule has 10 heteroatoms. The van der Waals surface area contributed by atoms with Gasteiger partial charge >= 0.3 is 233 Å². The third-order valence-electron chi connectivity index (χ3n) is 11.1. The monoisotopic (exact) mass is 523 g/mol. The Morgan fingerprint density at radius 1 is 0.700 bits per heavy atom. The minimum absolute atomic E-state index is 0.106. The number of anilines is 1. The van der Waals surface area contributed by atoms with E-state index in [4.69, 9.17) is 9.47 Å². The standard InChI is InChI=1S/C30H17B5N2O2P/c1-2-8-17(9-3-1)36-40(33-31-34(40)35(33)40)25-16-24-29-30-26(25)18-10-4-5-11-19(18)37(30)20-12-6-13-21-27(20)32(29)28-22(38-21)14-7-15-23(28)39-24/h1-16,36H/q-1. The van der Waals surface area contributed by atoms with Crippen molar-refractivity contribution >= 4 is 88.0 Å². The van der Waals surface area contributed by atoms with E-state index in [1.807, 2.05) is 0 Å². The van der Waals surface area contributed by atoms with Gasteiger partial charge in [-0.2, -0.15) is 0 Å². The van der Waals surface area contributed by atoms with Crippen molar-refractivity contribution in [3.05, 3.63) is 97.1 Å². The van der Waals surface area contributed by atoms with Crippen molar-refractivity contribution in [2.45, 2.75) is 0 Å². The van der Waals surface area contributed by atoms with Crippen LogP contribution in [-0.4, -0.2) is 37.0 Å². The van der Waals surface area contributed by atoms with E-state index in [0.717, 1.165) is 29.2 Å². The molecule has 0 spiro atoms. The Morgan fingerprint density at radius 3 is 2.17 bits per heavy atom. The molecule has 2 bridgehead atoms. The quantitative estimate of drug-likeness (QED) is 0.283. The van der Waals surface area contributed by atoms with Crippen LogP contribution in [0.1, 0.15) is 0 Å². The van der Waals surface area contributed by atoms with Gasteiger partial charge < -0.3 is 0 Å². The zero-order valence-electron chi connectivity index (χ0n) is 21.3. The van der Waals surface area contributed by atoms with Gasteiger partial charge in [-0.3, -0.25) is 0 Å². The van der Waals surface area contributed by atoms with E-state index in [-0.39, 0.29) is 6.71 Å². The van der Waals surface area contributed by atoms with Crippen molar-refractivity contribution < 1.29 is 9.47 Å². The zero-order chi connectivity index (χ0) is 25.6. The summed E-state index contributed by atoms with van der Waals surface area (Å²) in [5.41, 5.74) is 8.80. The number of fused-ring (bicyclic) bond motifs is 4. The molecule has 7 aliphatic heterocycles. The molecule has 0 unspecified atom stereocenters. The van der Waals surface area contributed by atoms with Gasteiger partial charge in [-0.25, -0.2) is 0 Å². The van der Waals surface area contributed by atoms with E-state index < -0.39 is 6.39 Å². The number of rotatable bonds is 3. The molecule has 2 radical (unpaired) electrons. The number of hydrogen-bond acceptors (Lipinski definition) is 3. The average Bonchev–Trinajstić information content (AvgIpc) is 3.55. The maximum absolute atomic E-state index is 6.88. The topological polar surface area (TPSA) is 35.4 Å². The molecule has 4 fully saturated rings. The van der Waals surface area contributed by atoms with Crippen molar-refractivity contribution in [1.82, 2.24) is 4.57 Å². The molecule has 180 valence electrons. The van der Waals surface area contributed by atoms with Crippen LogP contribution >= 0.6 is 6.39 Å². The number of nitrogens with zero attached hydrogens (tertiary/aromatic N) is 1. The number of para-hydroxylation sites is 2. The third-order valence-corrected chi connectivity index (χ3v) is 18.0. The molecule has 40 heavy (non-hydrogen) atoms. The number of hydrogen-bond donors (Lipinski definition) is 1. The first kappa shape index (κ1) is 20.0. The molecule has 0 atom stereocenters. The summed E-state index contributed by atoms with van der Waals surface area (Å²) in [6.07, 6.45) is -0.197. The van der Waals surface area contributed by atoms with Gasteiger partial charge in [0, 0.05) is 0 Å². The Balaban J connectivity index is 1.28. The van der Waals surface area contributed by atoms with E-state index in [9.17, 15) is 0 Å². The van der Waals surface area contributed by atoms with Crippen LogP contribution in [0.15, 0.2) is 97.1 Å². The molecule has 6 aromatic rings. The molecule has 4 saturated heterocycles. The fourth-order valence-electron chi connectivity index (χ4n) is 9.39. The molecule has 1 aromatic heterocycles. The zero-order valence-corrected chi connectivity index (χ0v) is 22.2. The fraction of sp³-hybridized carbons (Fsp3) is 0. The summed E-state index contributed by atoms with van der Waals surface area (Å²) in [5, 5.41) is 8.58. The second-order valence-corrected chi connectivity index (χ2v) is 17.5. The molecule has 0 amide bonds. The van der Waals surface area contributed by atoms with Gasteiger partial charge in [0.1, 0.15) is 0 Å². The summed E-state index contributed by atoms with van der Waals surface area (Å²) in [4.78, 5) is 0. The molecule has 0 aliphatic carbocycles. The van der Waals surface area contributed by atoms with E-state index >= 15 is 0 Å². The maximum atomic E-state index is 6.88. The number of nitrogens with one attached hydrogen (secondary N) is 1. The number of benzene rings is 5. The third kappa shape index (κ3) is 1.77. The van der Waals surface area contributed by atoms with Gasteiger partial charge in [0.05, 0.1) is 0 Å². The van der Waals surface area contributed by atoms with E-state index in [2.05, 4.69) is 114 Å². The average molecular weight is 523 g/mol. The summed E-state index contributed by atoms with van der Waals surface area (Å²) in [5.74, 6) is 3.81. The first-order valence-corrected chi connectivity index (χ1v) is 16.7. The van der Waals surface area contributed by atoms with Gasteiger partial charge in [-0.15, -0.1) is 0 Å². The van der Waals surface area contributed by atoms with Crippen LogP contribution in [0, 0.1) is 0 Å². The molecule has 0 saturated carbocycles. The Labute approximate surface area is 232 Å². The van der Waals surface area contributed by atoms with Crippen molar-refractivity contribution in [3.63, 3.8) is 0 Å². The predicted molar refractivity (Wildman–Crippen MR) is 172 cm³/mol. The first-order chi connectivity index (χ1) is 19.8. The molecule has 13 rings (SSSR count). The van der Waals surface area contributed by atoms with Crippen LogP contribution in [0.3, 0.4) is 0 Å². The Bertz CT molecular complexity index is 2230. The van der Waals surface area contributed by atoms with Crippen molar-refractivity contribution in [2.24, 2.45) is 0 Å². The second-order valence-electron chi connectivity index (χ2n) is 12.4. The van der Waals surface area contributed by atoms with Crippen molar-refractivity contribution in [3.8, 4) is 28.7 Å². The fourth-order valence-corrected chi connectivity index (χ4v) is 17.6. The molecule has 5 aromatic carbocycles. The summed E-state index contributed by atoms with van der Waals surface area (Å²) in [6.45, 7) is 0.106. The molecule has 1 N–H and O–H groups in total. The number of aromatic nitrogens is 1. The van der Waals surface area contributed by atoms with Gasteiger partial charge in [0.15, 0.2) is 0 Å². The predicted octanol–water partition coefficient (Wildman–Crippen LogP) is 3.90. The van der Waals surface area contributed by atoms with Crippen LogP contribution in [-0.2, 0) is 0 Å². The molecular weight excluding hydrogens is 505 g/mol. The van der Waals surface area contributed by atoms with Crippen LogP contribution in [0.2, 0.25) is 0 Å². The Hall–Kier alpha value is -3.95. The van der Waals surface area contributed by atoms with Crippen LogP contribution < -0.4 is 36.3 Å². The summed E-state index contributed by atoms with van der Waals surface area (Å²) in [7, 11) is 2.61. The summed E-state index contributed by atoms with van der Waals surface area (Å²) < 4.78 is 15.9. The van der Waals surface area contributed by atoms with Crippen molar-refractivity contribution in [1.29, 1.82) is 0 Å². The SMILES string of the molecule is [B-]1B2B3B1P23(Nc1ccccc1)c1cc2c3c4c1c1ccccc1n4-c1cccc4c1B3c1c(cccc1O2)O4. The molecule has 7 aliphatic rings. The van der Waals surface area contributed by atoms with E-state index in [1.54, 1.807) is 0 Å². The van der Waals surface area contributed by atoms with Gasteiger partial charge in [-0.1, -0.05) is 0 Å². The first-order valence-electron chi connectivity index (χ1n) is 14.2. The van der Waals surface area contributed by atoms with Gasteiger partial charge in [0.2, 0.25) is 0 Å². The normalized spacial score (nSPS) is 20.1.